The van der Waals surface area contributed by atoms with Crippen LogP contribution in [0, 0.1) is 0 Å². The smallest absolute Gasteiger partial charge is 0.130 e. The predicted molar refractivity (Wildman–Crippen MR) is 75.9 cm³/mol. The molecule has 2 N–H and O–H groups in total. The van der Waals surface area contributed by atoms with Gasteiger partial charge in [0.1, 0.15) is 5.82 Å². The van der Waals surface area contributed by atoms with Crippen molar-refractivity contribution in [2.24, 2.45) is 0 Å². The first kappa shape index (κ1) is 15.4. The zero-order chi connectivity index (χ0) is 13.4. The van der Waals surface area contributed by atoms with Crippen LogP contribution in [0.4, 0.5) is 5.82 Å². The number of aromatic nitrogens is 1. The van der Waals surface area contributed by atoms with Gasteiger partial charge in [-0.05, 0) is 29.0 Å². The minimum absolute atomic E-state index is 0.0166. The highest BCUT2D eigenvalue weighted by molar-refractivity contribution is 9.10. The van der Waals surface area contributed by atoms with Crippen molar-refractivity contribution in [1.29, 1.82) is 0 Å². The molecule has 0 amide bonds. The molecule has 5 nitrogen and oxygen atoms in total. The Hall–Kier alpha value is -0.690. The first-order valence-electron chi connectivity index (χ1n) is 5.75. The number of rotatable bonds is 8. The third-order valence-electron chi connectivity index (χ3n) is 2.48. The second-order valence-electron chi connectivity index (χ2n) is 3.89. The summed E-state index contributed by atoms with van der Waals surface area (Å²) in [5.74, 6) is 0.866. The first-order valence-corrected chi connectivity index (χ1v) is 6.55. The maximum Gasteiger partial charge on any atom is 0.130 e. The molecule has 1 unspecified atom stereocenters. The van der Waals surface area contributed by atoms with Crippen LogP contribution in [-0.4, -0.2) is 45.5 Å². The molecule has 1 aromatic rings. The van der Waals surface area contributed by atoms with Gasteiger partial charge in [-0.2, -0.15) is 0 Å². The van der Waals surface area contributed by atoms with Gasteiger partial charge in [0.05, 0.1) is 12.7 Å². The fourth-order valence-corrected chi connectivity index (χ4v) is 1.95. The predicted octanol–water partition coefficient (Wildman–Crippen LogP) is 1.64. The molecule has 1 rings (SSSR count). The highest BCUT2D eigenvalue weighted by atomic mass is 79.9. The van der Waals surface area contributed by atoms with Crippen LogP contribution < -0.4 is 10.6 Å². The Morgan fingerprint density at radius 1 is 1.44 bits per heavy atom. The summed E-state index contributed by atoms with van der Waals surface area (Å²) < 4.78 is 11.3. The second-order valence-corrected chi connectivity index (χ2v) is 4.80. The molecule has 0 radical (unpaired) electrons. The van der Waals surface area contributed by atoms with E-state index in [0.717, 1.165) is 22.4 Å². The van der Waals surface area contributed by atoms with Crippen molar-refractivity contribution >= 4 is 21.7 Å². The summed E-state index contributed by atoms with van der Waals surface area (Å²) in [5, 5.41) is 6.41. The lowest BCUT2D eigenvalue weighted by Crippen LogP contribution is -2.27. The molecule has 1 atom stereocenters. The van der Waals surface area contributed by atoms with E-state index in [0.29, 0.717) is 13.2 Å². The molecule has 0 saturated heterocycles. The number of methoxy groups -OCH3 is 2. The average Bonchev–Trinajstić information content (AvgIpc) is 2.36. The molecule has 1 aromatic heterocycles. The van der Waals surface area contributed by atoms with Gasteiger partial charge in [-0.3, -0.25) is 0 Å². The fraction of sp³-hybridized carbons (Fsp3) is 0.583. The molecule has 102 valence electrons. The highest BCUT2D eigenvalue weighted by Gasteiger charge is 2.09. The first-order chi connectivity index (χ1) is 8.71. The topological polar surface area (TPSA) is 55.4 Å². The molecule has 0 spiro atoms. The quantitative estimate of drug-likeness (QED) is 0.763. The zero-order valence-electron chi connectivity index (χ0n) is 11.0. The molecule has 0 aliphatic heterocycles. The van der Waals surface area contributed by atoms with E-state index in [1.165, 1.54) is 0 Å². The van der Waals surface area contributed by atoms with Gasteiger partial charge in [-0.15, -0.1) is 0 Å². The number of nitrogens with zero attached hydrogens (tertiary/aromatic N) is 1. The van der Waals surface area contributed by atoms with Crippen molar-refractivity contribution in [2.75, 3.05) is 39.7 Å². The largest absolute Gasteiger partial charge is 0.382 e. The number of halogens is 1. The summed E-state index contributed by atoms with van der Waals surface area (Å²) in [6.07, 6.45) is 1.79. The summed E-state index contributed by atoms with van der Waals surface area (Å²) in [5.41, 5.74) is 1.11. The molecule has 0 bridgehead atoms. The third-order valence-corrected chi connectivity index (χ3v) is 2.92. The summed E-state index contributed by atoms with van der Waals surface area (Å²) in [6.45, 7) is 1.98. The molecular formula is C12H20BrN3O2. The Kier molecular flexibility index (Phi) is 7.19. The summed E-state index contributed by atoms with van der Waals surface area (Å²) >= 11 is 3.42. The zero-order valence-corrected chi connectivity index (χ0v) is 12.6. The maximum atomic E-state index is 5.30. The van der Waals surface area contributed by atoms with Crippen LogP contribution in [0.1, 0.15) is 5.56 Å². The lowest BCUT2D eigenvalue weighted by atomic mass is 10.2. The van der Waals surface area contributed by atoms with Crippen LogP contribution >= 0.6 is 15.9 Å². The lowest BCUT2D eigenvalue weighted by Gasteiger charge is -2.17. The van der Waals surface area contributed by atoms with Gasteiger partial charge in [0.15, 0.2) is 0 Å². The van der Waals surface area contributed by atoms with E-state index in [-0.39, 0.29) is 6.10 Å². The SMILES string of the molecule is CNCc1cc(Br)cnc1NCC(COC)OC. The Morgan fingerprint density at radius 2 is 2.22 bits per heavy atom. The third kappa shape index (κ3) is 4.89. The van der Waals surface area contributed by atoms with E-state index in [4.69, 9.17) is 9.47 Å². The van der Waals surface area contributed by atoms with E-state index >= 15 is 0 Å². The monoisotopic (exact) mass is 317 g/mol. The molecule has 6 heteroatoms. The van der Waals surface area contributed by atoms with Gasteiger partial charge in [0.25, 0.3) is 0 Å². The van der Waals surface area contributed by atoms with Crippen LogP contribution in [0.5, 0.6) is 0 Å². The number of hydrogen-bond acceptors (Lipinski definition) is 5. The standard InChI is InChI=1S/C12H20BrN3O2/c1-14-5-9-4-10(13)6-15-12(9)16-7-11(18-3)8-17-2/h4,6,11,14H,5,7-8H2,1-3H3,(H,15,16). The Morgan fingerprint density at radius 3 is 2.83 bits per heavy atom. The Bertz CT molecular complexity index is 363. The van der Waals surface area contributed by atoms with Crippen molar-refractivity contribution in [2.45, 2.75) is 12.6 Å². The Labute approximate surface area is 116 Å². The molecular weight excluding hydrogens is 298 g/mol. The van der Waals surface area contributed by atoms with Crippen molar-refractivity contribution in [3.63, 3.8) is 0 Å². The van der Waals surface area contributed by atoms with Gasteiger partial charge in [0, 0.05) is 43.5 Å². The molecule has 0 aliphatic rings. The van der Waals surface area contributed by atoms with Crippen LogP contribution in [0.15, 0.2) is 16.7 Å². The second kappa shape index (κ2) is 8.42. The van der Waals surface area contributed by atoms with Crippen LogP contribution in [0.3, 0.4) is 0 Å². The van der Waals surface area contributed by atoms with Gasteiger partial charge >= 0.3 is 0 Å². The van der Waals surface area contributed by atoms with Crippen LogP contribution in [0.25, 0.3) is 0 Å². The molecule has 0 aromatic carbocycles. The van der Waals surface area contributed by atoms with E-state index in [9.17, 15) is 0 Å². The Balaban J connectivity index is 2.65. The summed E-state index contributed by atoms with van der Waals surface area (Å²) in [7, 11) is 5.25. The normalized spacial score (nSPS) is 12.4. The lowest BCUT2D eigenvalue weighted by molar-refractivity contribution is 0.0365. The number of ether oxygens (including phenoxy) is 2. The van der Waals surface area contributed by atoms with Gasteiger partial charge < -0.3 is 20.1 Å². The van der Waals surface area contributed by atoms with Crippen LogP contribution in [-0.2, 0) is 16.0 Å². The summed E-state index contributed by atoms with van der Waals surface area (Å²) in [6, 6.07) is 2.05. The van der Waals surface area contributed by atoms with E-state index in [1.54, 1.807) is 20.4 Å². The number of pyridine rings is 1. The molecule has 18 heavy (non-hydrogen) atoms. The van der Waals surface area contributed by atoms with Crippen LogP contribution in [0.2, 0.25) is 0 Å². The number of hydrogen-bond donors (Lipinski definition) is 2. The van der Waals surface area contributed by atoms with Gasteiger partial charge in [-0.1, -0.05) is 0 Å². The van der Waals surface area contributed by atoms with Gasteiger partial charge in [-0.25, -0.2) is 4.98 Å². The van der Waals surface area contributed by atoms with E-state index in [2.05, 4.69) is 31.5 Å². The maximum absolute atomic E-state index is 5.30. The van der Waals surface area contributed by atoms with E-state index in [1.807, 2.05) is 13.1 Å². The van der Waals surface area contributed by atoms with Crippen molar-refractivity contribution in [3.05, 3.63) is 22.3 Å². The molecule has 0 saturated carbocycles. The highest BCUT2D eigenvalue weighted by Crippen LogP contribution is 2.17. The number of nitrogens with one attached hydrogen (secondary N) is 2. The van der Waals surface area contributed by atoms with Gasteiger partial charge in [0.2, 0.25) is 0 Å². The average molecular weight is 318 g/mol. The molecule has 0 aliphatic carbocycles. The fourth-order valence-electron chi connectivity index (χ4n) is 1.57. The number of anilines is 1. The van der Waals surface area contributed by atoms with Crippen molar-refractivity contribution in [1.82, 2.24) is 10.3 Å². The summed E-state index contributed by atoms with van der Waals surface area (Å²) in [4.78, 5) is 4.37. The van der Waals surface area contributed by atoms with Crippen molar-refractivity contribution < 1.29 is 9.47 Å². The van der Waals surface area contributed by atoms with Crippen molar-refractivity contribution in [3.8, 4) is 0 Å². The molecule has 0 fully saturated rings. The minimum atomic E-state index is 0.0166. The van der Waals surface area contributed by atoms with E-state index < -0.39 is 0 Å². The molecule has 1 heterocycles. The minimum Gasteiger partial charge on any atom is -0.382 e.